The number of ether oxygens (including phenoxy) is 1. The van der Waals surface area contributed by atoms with E-state index in [9.17, 15) is 9.90 Å². The highest BCUT2D eigenvalue weighted by molar-refractivity contribution is 5.92. The van der Waals surface area contributed by atoms with Crippen molar-refractivity contribution in [2.24, 2.45) is 21.7 Å². The summed E-state index contributed by atoms with van der Waals surface area (Å²) in [5.74, 6) is 1.06. The lowest BCUT2D eigenvalue weighted by atomic mass is 9.70. The van der Waals surface area contributed by atoms with Gasteiger partial charge in [0.15, 0.2) is 0 Å². The van der Waals surface area contributed by atoms with Gasteiger partial charge in [-0.1, -0.05) is 67.5 Å². The molecule has 0 aliphatic carbocycles. The summed E-state index contributed by atoms with van der Waals surface area (Å²) in [5.41, 5.74) is 3.31. The molecular formula is C27H41N3O3. The van der Waals surface area contributed by atoms with Crippen LogP contribution < -0.4 is 4.74 Å². The van der Waals surface area contributed by atoms with Crippen LogP contribution in [0.1, 0.15) is 61.0 Å². The minimum absolute atomic E-state index is 0.0107. The average Bonchev–Trinajstić information content (AvgIpc) is 2.70. The third-order valence-electron chi connectivity index (χ3n) is 6.49. The first kappa shape index (κ1) is 25.3. The third kappa shape index (κ3) is 5.26. The van der Waals surface area contributed by atoms with Crippen LogP contribution in [0.2, 0.25) is 0 Å². The van der Waals surface area contributed by atoms with E-state index in [1.54, 1.807) is 7.11 Å². The van der Waals surface area contributed by atoms with Gasteiger partial charge in [0.2, 0.25) is 0 Å². The van der Waals surface area contributed by atoms with Gasteiger partial charge in [-0.15, -0.1) is 0 Å². The molecular weight excluding hydrogens is 414 g/mol. The Labute approximate surface area is 199 Å². The molecule has 3 rings (SSSR count). The molecule has 0 radical (unpaired) electrons. The fourth-order valence-electron chi connectivity index (χ4n) is 4.99. The number of piperazine rings is 1. The van der Waals surface area contributed by atoms with Crippen LogP contribution in [-0.2, 0) is 11.3 Å². The third-order valence-corrected chi connectivity index (χ3v) is 6.49. The minimum atomic E-state index is -0.803. The van der Waals surface area contributed by atoms with Crippen LogP contribution in [0.5, 0.6) is 5.75 Å². The Balaban J connectivity index is 2.12. The van der Waals surface area contributed by atoms with Crippen molar-refractivity contribution in [3.63, 3.8) is 0 Å². The molecule has 2 unspecified atom stereocenters. The number of carbonyl (C=O) groups is 1. The molecule has 2 atom stereocenters. The number of hydrogen-bond donors (Lipinski definition) is 1. The lowest BCUT2D eigenvalue weighted by Crippen LogP contribution is -2.60. The molecule has 1 saturated heterocycles. The molecule has 2 aliphatic heterocycles. The first-order valence-electron chi connectivity index (χ1n) is 11.9. The Bertz CT molecular complexity index is 933. The van der Waals surface area contributed by atoms with Crippen molar-refractivity contribution in [2.75, 3.05) is 20.2 Å². The van der Waals surface area contributed by atoms with Gasteiger partial charge in [-0.25, -0.2) is 4.79 Å². The molecule has 33 heavy (non-hydrogen) atoms. The maximum absolute atomic E-state index is 12.5. The number of aliphatic carboxylic acids is 1. The molecule has 2 heterocycles. The second kappa shape index (κ2) is 9.13. The van der Waals surface area contributed by atoms with Crippen LogP contribution in [0.25, 0.3) is 0 Å². The quantitative estimate of drug-likeness (QED) is 0.673. The molecule has 0 aromatic heterocycles. The molecule has 182 valence electrons. The summed E-state index contributed by atoms with van der Waals surface area (Å²) >= 11 is 0. The fourth-order valence-corrected chi connectivity index (χ4v) is 4.99. The Hall–Kier alpha value is -2.34. The van der Waals surface area contributed by atoms with E-state index in [-0.39, 0.29) is 22.8 Å². The van der Waals surface area contributed by atoms with Gasteiger partial charge in [0.05, 0.1) is 13.2 Å². The SMILES string of the molecule is COc1ccc(CN2CC3=C(C(C)(C)C)C(C(C)(C)C)N=C(C(C)C)N3C(C(=O)O)C2)cc1. The molecule has 0 bridgehead atoms. The van der Waals surface area contributed by atoms with E-state index in [0.717, 1.165) is 22.8 Å². The number of carboxylic acids is 1. The van der Waals surface area contributed by atoms with Crippen molar-refractivity contribution in [3.05, 3.63) is 41.1 Å². The van der Waals surface area contributed by atoms with E-state index in [1.165, 1.54) is 5.57 Å². The first-order valence-corrected chi connectivity index (χ1v) is 11.9. The van der Waals surface area contributed by atoms with Gasteiger partial charge in [-0.2, -0.15) is 0 Å². The standard InChI is InChI=1S/C27H41N3O3/c1-17(2)24-28-23(27(6,7)8)22(26(3,4)5)20-15-29(16-21(25(31)32)30(20)24)14-18-10-12-19(33-9)13-11-18/h10-13,17,21,23H,14-16H2,1-9H3,(H,31,32). The lowest BCUT2D eigenvalue weighted by molar-refractivity contribution is -0.143. The Morgan fingerprint density at radius 3 is 2.21 bits per heavy atom. The second-order valence-corrected chi connectivity index (χ2v) is 11.8. The molecule has 1 fully saturated rings. The number of amidine groups is 1. The van der Waals surface area contributed by atoms with Crippen LogP contribution in [0, 0.1) is 16.7 Å². The zero-order valence-electron chi connectivity index (χ0n) is 21.8. The predicted octanol–water partition coefficient (Wildman–Crippen LogP) is 5.05. The lowest BCUT2D eigenvalue weighted by Gasteiger charge is -2.51. The van der Waals surface area contributed by atoms with Crippen molar-refractivity contribution in [1.29, 1.82) is 0 Å². The van der Waals surface area contributed by atoms with Crippen LogP contribution >= 0.6 is 0 Å². The fraction of sp³-hybridized carbons (Fsp3) is 0.630. The Morgan fingerprint density at radius 1 is 1.15 bits per heavy atom. The minimum Gasteiger partial charge on any atom is -0.497 e. The van der Waals surface area contributed by atoms with E-state index in [0.29, 0.717) is 19.6 Å². The van der Waals surface area contributed by atoms with Gasteiger partial charge in [0.1, 0.15) is 17.6 Å². The van der Waals surface area contributed by atoms with Crippen LogP contribution in [0.15, 0.2) is 40.5 Å². The molecule has 1 aromatic rings. The van der Waals surface area contributed by atoms with Crippen molar-refractivity contribution in [3.8, 4) is 5.75 Å². The van der Waals surface area contributed by atoms with E-state index in [4.69, 9.17) is 9.73 Å². The summed E-state index contributed by atoms with van der Waals surface area (Å²) in [5, 5.41) is 10.3. The number of rotatable bonds is 5. The predicted molar refractivity (Wildman–Crippen MR) is 134 cm³/mol. The van der Waals surface area contributed by atoms with Gasteiger partial charge in [-0.05, 0) is 34.1 Å². The topological polar surface area (TPSA) is 65.4 Å². The summed E-state index contributed by atoms with van der Waals surface area (Å²) in [6.45, 7) is 19.4. The Kier molecular flexibility index (Phi) is 6.99. The number of hydrogen-bond acceptors (Lipinski definition) is 5. The van der Waals surface area contributed by atoms with Gasteiger partial charge >= 0.3 is 5.97 Å². The second-order valence-electron chi connectivity index (χ2n) is 11.8. The average molecular weight is 456 g/mol. The van der Waals surface area contributed by atoms with Crippen LogP contribution in [0.4, 0.5) is 0 Å². The maximum Gasteiger partial charge on any atom is 0.328 e. The van der Waals surface area contributed by atoms with Gasteiger partial charge < -0.3 is 14.7 Å². The van der Waals surface area contributed by atoms with E-state index in [2.05, 4.69) is 77.3 Å². The normalized spacial score (nSPS) is 22.4. The molecule has 1 N–H and O–H groups in total. The first-order chi connectivity index (χ1) is 15.2. The summed E-state index contributed by atoms with van der Waals surface area (Å²) in [6, 6.07) is 7.38. The van der Waals surface area contributed by atoms with Crippen molar-refractivity contribution in [2.45, 2.75) is 74.0 Å². The molecule has 0 saturated carbocycles. The molecule has 2 aliphatic rings. The highest BCUT2D eigenvalue weighted by atomic mass is 16.5. The summed E-state index contributed by atoms with van der Waals surface area (Å²) in [6.07, 6.45) is 0. The molecule has 1 aromatic carbocycles. The number of fused-ring (bicyclic) bond motifs is 1. The van der Waals surface area contributed by atoms with E-state index < -0.39 is 12.0 Å². The number of aliphatic imine (C=N–C) groups is 1. The summed E-state index contributed by atoms with van der Waals surface area (Å²) < 4.78 is 5.29. The van der Waals surface area contributed by atoms with Crippen LogP contribution in [-0.4, -0.2) is 59.0 Å². The number of methoxy groups -OCH3 is 1. The smallest absolute Gasteiger partial charge is 0.328 e. The van der Waals surface area contributed by atoms with Crippen LogP contribution in [0.3, 0.4) is 0 Å². The molecule has 6 heteroatoms. The van der Waals surface area contributed by atoms with Gasteiger partial charge in [0, 0.05) is 31.2 Å². The van der Waals surface area contributed by atoms with Gasteiger partial charge in [0.25, 0.3) is 0 Å². The monoisotopic (exact) mass is 455 g/mol. The summed E-state index contributed by atoms with van der Waals surface area (Å²) in [4.78, 5) is 22.1. The van der Waals surface area contributed by atoms with E-state index in [1.807, 2.05) is 12.1 Å². The number of benzene rings is 1. The molecule has 6 nitrogen and oxygen atoms in total. The van der Waals surface area contributed by atoms with Gasteiger partial charge in [-0.3, -0.25) is 9.89 Å². The van der Waals surface area contributed by atoms with Crippen molar-refractivity contribution in [1.82, 2.24) is 9.80 Å². The number of nitrogens with zero attached hydrogens (tertiary/aromatic N) is 3. The highest BCUT2D eigenvalue weighted by Gasteiger charge is 2.47. The highest BCUT2D eigenvalue weighted by Crippen LogP contribution is 2.45. The van der Waals surface area contributed by atoms with E-state index >= 15 is 0 Å². The largest absolute Gasteiger partial charge is 0.497 e. The zero-order chi connectivity index (χ0) is 24.7. The van der Waals surface area contributed by atoms with Crippen molar-refractivity contribution < 1.29 is 14.6 Å². The van der Waals surface area contributed by atoms with Crippen molar-refractivity contribution >= 4 is 11.8 Å². The molecule has 0 amide bonds. The Morgan fingerprint density at radius 2 is 1.76 bits per heavy atom. The summed E-state index contributed by atoms with van der Waals surface area (Å²) in [7, 11) is 1.66. The number of carboxylic acid groups (broad SMARTS) is 1. The zero-order valence-corrected chi connectivity index (χ0v) is 21.8. The molecule has 0 spiro atoms. The maximum atomic E-state index is 12.5.